The molecule has 1 saturated heterocycles. The number of fused-ring (bicyclic) bond motifs is 1. The van der Waals surface area contributed by atoms with Crippen LogP contribution in [-0.2, 0) is 6.18 Å². The van der Waals surface area contributed by atoms with Gasteiger partial charge in [0.15, 0.2) is 11.3 Å². The molecule has 3 unspecified atom stereocenters. The Hall–Kier alpha value is -3.47. The summed E-state index contributed by atoms with van der Waals surface area (Å²) in [7, 11) is 0. The standard InChI is InChI=1S/C21H21F3N8/c1-12-10-31(13(2)20(29-12)14-6-27-28-7-14)18-5-3-4-15(30-18)16-8-26-19-9-25-17(11-32(16)19)21(22,23)24/h3-9,11-13,20,29H,10H2,1-2H3,(H,27,28). The highest BCUT2D eigenvalue weighted by molar-refractivity contribution is 5.62. The number of halogens is 3. The van der Waals surface area contributed by atoms with Crippen molar-refractivity contribution in [3.05, 3.63) is 60.4 Å². The van der Waals surface area contributed by atoms with E-state index < -0.39 is 11.9 Å². The van der Waals surface area contributed by atoms with Crippen LogP contribution < -0.4 is 10.2 Å². The summed E-state index contributed by atoms with van der Waals surface area (Å²) < 4.78 is 40.9. The molecule has 5 heterocycles. The van der Waals surface area contributed by atoms with Crippen LogP contribution in [0.2, 0.25) is 0 Å². The Bertz CT molecular complexity index is 1230. The van der Waals surface area contributed by atoms with Crippen molar-refractivity contribution in [1.82, 2.24) is 34.9 Å². The fraction of sp³-hybridized carbons (Fsp3) is 0.333. The van der Waals surface area contributed by atoms with Gasteiger partial charge in [0, 0.05) is 36.6 Å². The first-order valence-electron chi connectivity index (χ1n) is 10.2. The van der Waals surface area contributed by atoms with Crippen LogP contribution in [0.4, 0.5) is 19.0 Å². The molecule has 8 nitrogen and oxygen atoms in total. The first-order chi connectivity index (χ1) is 15.3. The van der Waals surface area contributed by atoms with E-state index in [-0.39, 0.29) is 18.1 Å². The Balaban J connectivity index is 1.52. The lowest BCUT2D eigenvalue weighted by Crippen LogP contribution is -2.56. The second-order valence-corrected chi connectivity index (χ2v) is 7.99. The number of aromatic amines is 1. The molecule has 0 radical (unpaired) electrons. The predicted octanol–water partition coefficient (Wildman–Crippen LogP) is 3.46. The molecule has 1 aliphatic heterocycles. The van der Waals surface area contributed by atoms with Gasteiger partial charge in [0.05, 0.1) is 36.0 Å². The van der Waals surface area contributed by atoms with Crippen LogP contribution >= 0.6 is 0 Å². The summed E-state index contributed by atoms with van der Waals surface area (Å²) in [6.07, 6.45) is 2.72. The average molecular weight is 442 g/mol. The number of imidazole rings is 1. The number of piperazine rings is 1. The number of hydrogen-bond acceptors (Lipinski definition) is 6. The molecule has 11 heteroatoms. The fourth-order valence-electron chi connectivity index (χ4n) is 4.20. The van der Waals surface area contributed by atoms with Crippen LogP contribution in [0, 0.1) is 0 Å². The first-order valence-corrected chi connectivity index (χ1v) is 10.2. The van der Waals surface area contributed by atoms with Gasteiger partial charge in [-0.3, -0.25) is 9.50 Å². The van der Waals surface area contributed by atoms with Gasteiger partial charge in [-0.15, -0.1) is 0 Å². The molecule has 32 heavy (non-hydrogen) atoms. The second-order valence-electron chi connectivity index (χ2n) is 7.99. The second kappa shape index (κ2) is 7.59. The Kier molecular flexibility index (Phi) is 4.85. The van der Waals surface area contributed by atoms with Gasteiger partial charge in [0.1, 0.15) is 5.82 Å². The number of nitrogens with zero attached hydrogens (tertiary/aromatic N) is 6. The van der Waals surface area contributed by atoms with Gasteiger partial charge in [-0.25, -0.2) is 15.0 Å². The predicted molar refractivity (Wildman–Crippen MR) is 112 cm³/mol. The van der Waals surface area contributed by atoms with E-state index in [0.29, 0.717) is 17.0 Å². The first kappa shape index (κ1) is 20.4. The molecular formula is C21H21F3N8. The molecule has 0 aromatic carbocycles. The smallest absolute Gasteiger partial charge is 0.350 e. The number of nitrogens with one attached hydrogen (secondary N) is 2. The summed E-state index contributed by atoms with van der Waals surface area (Å²) in [5.41, 5.74) is 1.40. The highest BCUT2D eigenvalue weighted by Crippen LogP contribution is 2.31. The highest BCUT2D eigenvalue weighted by atomic mass is 19.4. The maximum atomic E-state index is 13.2. The van der Waals surface area contributed by atoms with E-state index in [1.165, 1.54) is 10.6 Å². The molecule has 4 aromatic rings. The Morgan fingerprint density at radius 1 is 1.09 bits per heavy atom. The van der Waals surface area contributed by atoms with E-state index in [1.807, 2.05) is 18.3 Å². The van der Waals surface area contributed by atoms with E-state index >= 15 is 0 Å². The summed E-state index contributed by atoms with van der Waals surface area (Å²) in [6, 6.07) is 5.87. The molecule has 1 aliphatic rings. The summed E-state index contributed by atoms with van der Waals surface area (Å²) in [5, 5.41) is 10.5. The highest BCUT2D eigenvalue weighted by Gasteiger charge is 2.34. The van der Waals surface area contributed by atoms with Gasteiger partial charge in [0.2, 0.25) is 0 Å². The average Bonchev–Trinajstić information content (AvgIpc) is 3.44. The monoisotopic (exact) mass is 442 g/mol. The van der Waals surface area contributed by atoms with Crippen LogP contribution in [-0.4, -0.2) is 48.2 Å². The van der Waals surface area contributed by atoms with Crippen molar-refractivity contribution in [2.75, 3.05) is 11.4 Å². The Morgan fingerprint density at radius 2 is 1.94 bits per heavy atom. The van der Waals surface area contributed by atoms with Crippen LogP contribution in [0.25, 0.3) is 17.0 Å². The quantitative estimate of drug-likeness (QED) is 0.505. The van der Waals surface area contributed by atoms with Gasteiger partial charge in [-0.05, 0) is 26.0 Å². The van der Waals surface area contributed by atoms with Crippen molar-refractivity contribution in [1.29, 1.82) is 0 Å². The number of rotatable bonds is 3. The van der Waals surface area contributed by atoms with Crippen molar-refractivity contribution in [3.63, 3.8) is 0 Å². The minimum Gasteiger partial charge on any atom is -0.350 e. The van der Waals surface area contributed by atoms with Gasteiger partial charge >= 0.3 is 6.18 Å². The van der Waals surface area contributed by atoms with Crippen LogP contribution in [0.5, 0.6) is 0 Å². The molecule has 1 fully saturated rings. The lowest BCUT2D eigenvalue weighted by molar-refractivity contribution is -0.141. The van der Waals surface area contributed by atoms with E-state index in [4.69, 9.17) is 4.98 Å². The maximum absolute atomic E-state index is 13.2. The number of aromatic nitrogens is 6. The Labute approximate surface area is 181 Å². The normalized spacial score (nSPS) is 21.9. The Morgan fingerprint density at radius 3 is 2.69 bits per heavy atom. The van der Waals surface area contributed by atoms with Crippen molar-refractivity contribution < 1.29 is 13.2 Å². The van der Waals surface area contributed by atoms with E-state index in [2.05, 4.69) is 44.2 Å². The number of alkyl halides is 3. The van der Waals surface area contributed by atoms with Crippen LogP contribution in [0.15, 0.2) is 49.2 Å². The molecule has 2 N–H and O–H groups in total. The summed E-state index contributed by atoms with van der Waals surface area (Å²) in [5.74, 6) is 0.747. The lowest BCUT2D eigenvalue weighted by atomic mass is 9.97. The molecule has 166 valence electrons. The van der Waals surface area contributed by atoms with Crippen molar-refractivity contribution in [2.45, 2.75) is 38.1 Å². The van der Waals surface area contributed by atoms with Gasteiger partial charge in [0.25, 0.3) is 0 Å². The number of hydrogen-bond donors (Lipinski definition) is 2. The van der Waals surface area contributed by atoms with Crippen LogP contribution in [0.1, 0.15) is 31.1 Å². The third kappa shape index (κ3) is 3.58. The molecule has 0 saturated carbocycles. The third-order valence-corrected chi connectivity index (χ3v) is 5.76. The summed E-state index contributed by atoms with van der Waals surface area (Å²) >= 11 is 0. The van der Waals surface area contributed by atoms with Crippen molar-refractivity contribution in [3.8, 4) is 11.4 Å². The van der Waals surface area contributed by atoms with Crippen molar-refractivity contribution in [2.24, 2.45) is 0 Å². The van der Waals surface area contributed by atoms with Gasteiger partial charge in [-0.1, -0.05) is 6.07 Å². The number of pyridine rings is 1. The molecular weight excluding hydrogens is 421 g/mol. The molecule has 3 atom stereocenters. The summed E-state index contributed by atoms with van der Waals surface area (Å²) in [6.45, 7) is 4.95. The zero-order valence-electron chi connectivity index (χ0n) is 17.4. The van der Waals surface area contributed by atoms with Crippen molar-refractivity contribution >= 4 is 11.5 Å². The zero-order valence-corrected chi connectivity index (χ0v) is 17.4. The third-order valence-electron chi connectivity index (χ3n) is 5.76. The number of H-pyrrole nitrogens is 1. The summed E-state index contributed by atoms with van der Waals surface area (Å²) in [4.78, 5) is 14.7. The zero-order chi connectivity index (χ0) is 22.5. The largest absolute Gasteiger partial charge is 0.434 e. The fourth-order valence-corrected chi connectivity index (χ4v) is 4.20. The molecule has 0 bridgehead atoms. The maximum Gasteiger partial charge on any atom is 0.434 e. The topological polar surface area (TPSA) is 87.0 Å². The number of anilines is 1. The molecule has 0 spiro atoms. The lowest BCUT2D eigenvalue weighted by Gasteiger charge is -2.43. The molecule has 5 rings (SSSR count). The molecule has 0 aliphatic carbocycles. The van der Waals surface area contributed by atoms with Gasteiger partial charge < -0.3 is 10.2 Å². The SMILES string of the molecule is CC1CN(c2cccc(-c3cnc4cnc(C(F)(F)F)cn34)n2)C(C)C(c2cn[nH]c2)N1. The van der Waals surface area contributed by atoms with Crippen LogP contribution in [0.3, 0.4) is 0 Å². The van der Waals surface area contributed by atoms with Gasteiger partial charge in [-0.2, -0.15) is 18.3 Å². The molecule has 4 aromatic heterocycles. The minimum atomic E-state index is -4.54. The minimum absolute atomic E-state index is 0.0548. The van der Waals surface area contributed by atoms with E-state index in [0.717, 1.165) is 30.3 Å². The van der Waals surface area contributed by atoms with E-state index in [9.17, 15) is 13.2 Å². The molecule has 0 amide bonds. The van der Waals surface area contributed by atoms with E-state index in [1.54, 1.807) is 12.3 Å².